The van der Waals surface area contributed by atoms with E-state index in [1.807, 2.05) is 6.07 Å². The van der Waals surface area contributed by atoms with Gasteiger partial charge in [-0.05, 0) is 25.0 Å². The molecule has 0 radical (unpaired) electrons. The van der Waals surface area contributed by atoms with Crippen molar-refractivity contribution in [1.29, 1.82) is 0 Å². The summed E-state index contributed by atoms with van der Waals surface area (Å²) < 4.78 is 0. The Morgan fingerprint density at radius 1 is 1.28 bits per heavy atom. The van der Waals surface area contributed by atoms with Crippen LogP contribution in [0, 0.1) is 0 Å². The molecule has 2 aliphatic rings. The van der Waals surface area contributed by atoms with E-state index in [1.54, 1.807) is 12.1 Å². The van der Waals surface area contributed by atoms with E-state index in [-0.39, 0.29) is 24.8 Å². The fourth-order valence-corrected chi connectivity index (χ4v) is 3.97. The predicted molar refractivity (Wildman–Crippen MR) is 108 cm³/mol. The fraction of sp³-hybridized carbons (Fsp3) is 0.524. The molecule has 1 aromatic carbocycles. The molecule has 2 aliphatic heterocycles. The highest BCUT2D eigenvalue weighted by Gasteiger charge is 2.40. The minimum Gasteiger partial charge on any atom is -0.373 e. The third kappa shape index (κ3) is 4.58. The van der Waals surface area contributed by atoms with Gasteiger partial charge in [0.15, 0.2) is 0 Å². The number of rotatable bonds is 9. The maximum atomic E-state index is 12.9. The number of carbonyl (C=O) groups excluding carboxylic acids is 4. The Morgan fingerprint density at radius 3 is 2.76 bits per heavy atom. The molecule has 4 amide bonds. The number of imide groups is 1. The molecule has 0 aliphatic carbocycles. The molecule has 2 atom stereocenters. The number of unbranched alkanes of at least 4 members (excludes halogenated alkanes) is 3. The van der Waals surface area contributed by atoms with Crippen LogP contribution < -0.4 is 16.4 Å². The Kier molecular flexibility index (Phi) is 6.51. The largest absolute Gasteiger partial charge is 0.373 e. The molecule has 2 unspecified atom stereocenters. The highest BCUT2D eigenvalue weighted by atomic mass is 16.2. The summed E-state index contributed by atoms with van der Waals surface area (Å²) in [4.78, 5) is 49.9. The molecule has 0 aromatic heterocycles. The summed E-state index contributed by atoms with van der Waals surface area (Å²) >= 11 is 0. The molecular formula is C21H28N4O4. The molecule has 0 spiro atoms. The van der Waals surface area contributed by atoms with Crippen LogP contribution in [0.1, 0.15) is 67.8 Å². The van der Waals surface area contributed by atoms with Gasteiger partial charge < -0.3 is 16.0 Å². The van der Waals surface area contributed by atoms with Crippen LogP contribution in [-0.4, -0.2) is 40.6 Å². The molecule has 1 saturated heterocycles. The summed E-state index contributed by atoms with van der Waals surface area (Å²) in [6.45, 7) is 2.38. The van der Waals surface area contributed by atoms with Gasteiger partial charge in [0, 0.05) is 29.8 Å². The van der Waals surface area contributed by atoms with E-state index in [4.69, 9.17) is 5.73 Å². The number of nitrogens with two attached hydrogens (primary N) is 1. The lowest BCUT2D eigenvalue weighted by Crippen LogP contribution is -2.52. The predicted octanol–water partition coefficient (Wildman–Crippen LogP) is 1.68. The van der Waals surface area contributed by atoms with Crippen LogP contribution in [0.5, 0.6) is 0 Å². The lowest BCUT2D eigenvalue weighted by molar-refractivity contribution is -0.137. The topological polar surface area (TPSA) is 122 Å². The third-order valence-corrected chi connectivity index (χ3v) is 5.60. The number of nitrogens with one attached hydrogen (secondary N) is 2. The van der Waals surface area contributed by atoms with E-state index in [0.717, 1.165) is 31.2 Å². The van der Waals surface area contributed by atoms with Crippen LogP contribution in [0.4, 0.5) is 5.69 Å². The van der Waals surface area contributed by atoms with E-state index in [9.17, 15) is 19.2 Å². The number of hydrogen-bond acceptors (Lipinski definition) is 5. The van der Waals surface area contributed by atoms with Gasteiger partial charge in [0.25, 0.3) is 5.91 Å². The normalized spacial score (nSPS) is 19.7. The molecule has 29 heavy (non-hydrogen) atoms. The number of nitrogens with zero attached hydrogens (tertiary/aromatic N) is 1. The van der Waals surface area contributed by atoms with Crippen LogP contribution in [0.25, 0.3) is 0 Å². The van der Waals surface area contributed by atoms with Crippen molar-refractivity contribution in [3.63, 3.8) is 0 Å². The molecular weight excluding hydrogens is 372 g/mol. The second kappa shape index (κ2) is 9.07. The van der Waals surface area contributed by atoms with Crippen molar-refractivity contribution in [2.75, 3.05) is 5.32 Å². The van der Waals surface area contributed by atoms with Gasteiger partial charge in [-0.15, -0.1) is 0 Å². The zero-order valence-corrected chi connectivity index (χ0v) is 16.7. The molecule has 8 nitrogen and oxygen atoms in total. The van der Waals surface area contributed by atoms with E-state index < -0.39 is 23.9 Å². The average molecular weight is 400 g/mol. The number of anilines is 1. The lowest BCUT2D eigenvalue weighted by Gasteiger charge is -2.29. The summed E-state index contributed by atoms with van der Waals surface area (Å²) in [7, 11) is 0. The van der Waals surface area contributed by atoms with Gasteiger partial charge in [0.05, 0.1) is 0 Å². The lowest BCUT2D eigenvalue weighted by atomic mass is 10.0. The van der Waals surface area contributed by atoms with E-state index in [2.05, 4.69) is 17.6 Å². The first kappa shape index (κ1) is 20.8. The van der Waals surface area contributed by atoms with Crippen molar-refractivity contribution in [3.8, 4) is 0 Å². The minimum atomic E-state index is -0.665. The standard InChI is InChI=1S/C21H28N4O4/c1-2-3-4-5-8-16(19(22)27)23-15-9-6-7-13-14(15)12-25(21(13)29)17-10-11-18(26)24-20(17)28/h6-7,9,16-17,23H,2-5,8,10-12H2,1H3,(H2,22,27)(H,24,26,28). The highest BCUT2D eigenvalue weighted by Crippen LogP contribution is 2.32. The summed E-state index contributed by atoms with van der Waals surface area (Å²) in [6.07, 6.45) is 5.31. The summed E-state index contributed by atoms with van der Waals surface area (Å²) in [6, 6.07) is 4.11. The van der Waals surface area contributed by atoms with Crippen LogP contribution in [0.2, 0.25) is 0 Å². The third-order valence-electron chi connectivity index (χ3n) is 5.60. The first-order valence-electron chi connectivity index (χ1n) is 10.2. The highest BCUT2D eigenvalue weighted by molar-refractivity contribution is 6.06. The summed E-state index contributed by atoms with van der Waals surface area (Å²) in [5.41, 5.74) is 7.53. The molecule has 0 saturated carbocycles. The van der Waals surface area contributed by atoms with Crippen LogP contribution in [0.3, 0.4) is 0 Å². The minimum absolute atomic E-state index is 0.211. The number of carbonyl (C=O) groups is 4. The van der Waals surface area contributed by atoms with Crippen molar-refractivity contribution in [1.82, 2.24) is 10.2 Å². The van der Waals surface area contributed by atoms with E-state index in [1.165, 1.54) is 4.90 Å². The zero-order valence-electron chi connectivity index (χ0n) is 16.7. The molecule has 0 bridgehead atoms. The fourth-order valence-electron chi connectivity index (χ4n) is 3.97. The zero-order chi connectivity index (χ0) is 21.0. The van der Waals surface area contributed by atoms with Crippen molar-refractivity contribution in [2.45, 2.75) is 70.5 Å². The van der Waals surface area contributed by atoms with Gasteiger partial charge in [0.2, 0.25) is 17.7 Å². The smallest absolute Gasteiger partial charge is 0.255 e. The molecule has 8 heteroatoms. The SMILES string of the molecule is CCCCCCC(Nc1cccc2c1CN(C1CCC(=O)NC1=O)C2=O)C(N)=O. The van der Waals surface area contributed by atoms with Crippen molar-refractivity contribution in [2.24, 2.45) is 5.73 Å². The number of hydrogen-bond donors (Lipinski definition) is 3. The molecule has 156 valence electrons. The average Bonchev–Trinajstić information content (AvgIpc) is 3.01. The maximum Gasteiger partial charge on any atom is 0.255 e. The van der Waals surface area contributed by atoms with Gasteiger partial charge in [0.1, 0.15) is 12.1 Å². The van der Waals surface area contributed by atoms with Crippen molar-refractivity contribution < 1.29 is 19.2 Å². The van der Waals surface area contributed by atoms with Crippen molar-refractivity contribution >= 4 is 29.3 Å². The Balaban J connectivity index is 1.75. The van der Waals surface area contributed by atoms with Crippen LogP contribution >= 0.6 is 0 Å². The molecule has 3 rings (SSSR count). The Bertz CT molecular complexity index is 823. The van der Waals surface area contributed by atoms with E-state index in [0.29, 0.717) is 24.1 Å². The molecule has 2 heterocycles. The second-order valence-corrected chi connectivity index (χ2v) is 7.68. The Labute approximate surface area is 170 Å². The summed E-state index contributed by atoms with van der Waals surface area (Å²) in [5.74, 6) is -1.42. The van der Waals surface area contributed by atoms with Gasteiger partial charge in [-0.2, -0.15) is 0 Å². The molecule has 4 N–H and O–H groups in total. The monoisotopic (exact) mass is 400 g/mol. The number of benzene rings is 1. The number of primary amides is 1. The summed E-state index contributed by atoms with van der Waals surface area (Å²) in [5, 5.41) is 5.51. The molecule has 1 fully saturated rings. The van der Waals surface area contributed by atoms with Crippen LogP contribution in [0.15, 0.2) is 18.2 Å². The van der Waals surface area contributed by atoms with Gasteiger partial charge in [-0.25, -0.2) is 0 Å². The first-order valence-corrected chi connectivity index (χ1v) is 10.2. The van der Waals surface area contributed by atoms with Gasteiger partial charge in [-0.3, -0.25) is 24.5 Å². The number of amides is 4. The maximum absolute atomic E-state index is 12.9. The Morgan fingerprint density at radius 2 is 2.07 bits per heavy atom. The quantitative estimate of drug-likeness (QED) is 0.430. The Hall–Kier alpha value is -2.90. The number of fused-ring (bicyclic) bond motifs is 1. The molecule has 1 aromatic rings. The number of piperidine rings is 1. The van der Waals surface area contributed by atoms with E-state index >= 15 is 0 Å². The van der Waals surface area contributed by atoms with Gasteiger partial charge in [-0.1, -0.05) is 38.7 Å². The van der Waals surface area contributed by atoms with Gasteiger partial charge >= 0.3 is 0 Å². The van der Waals surface area contributed by atoms with Crippen molar-refractivity contribution in [3.05, 3.63) is 29.3 Å². The first-order chi connectivity index (χ1) is 13.9. The van der Waals surface area contributed by atoms with Crippen LogP contribution in [-0.2, 0) is 20.9 Å². The second-order valence-electron chi connectivity index (χ2n) is 7.68.